The summed E-state index contributed by atoms with van der Waals surface area (Å²) < 4.78 is 154. The first kappa shape index (κ1) is 42.5. The van der Waals surface area contributed by atoms with Gasteiger partial charge < -0.3 is 28.4 Å². The van der Waals surface area contributed by atoms with Gasteiger partial charge in [-0.05, 0) is 139 Å². The number of ether oxygens (including phenoxy) is 2. The smallest absolute Gasteiger partial charge is 0.258 e. The van der Waals surface area contributed by atoms with E-state index in [-0.39, 0.29) is 71.2 Å². The third-order valence-corrected chi connectivity index (χ3v) is 17.0. The van der Waals surface area contributed by atoms with Gasteiger partial charge in [0.1, 0.15) is 34.7 Å². The highest BCUT2D eigenvalue weighted by Gasteiger charge is 2.33. The second-order valence-electron chi connectivity index (χ2n) is 19.4. The molecule has 2 N–H and O–H groups in total. The lowest BCUT2D eigenvalue weighted by Crippen LogP contribution is -2.34. The fourth-order valence-corrected chi connectivity index (χ4v) is 12.6. The summed E-state index contributed by atoms with van der Waals surface area (Å²) >= 11 is 0. The molecule has 20 nitrogen and oxygen atoms in total. The summed E-state index contributed by atoms with van der Waals surface area (Å²) in [5.74, 6) is -2.17. The number of hydrogen-bond donors (Lipinski definition) is 2. The van der Waals surface area contributed by atoms with Gasteiger partial charge in [0.05, 0.1) is 54.3 Å². The van der Waals surface area contributed by atoms with Gasteiger partial charge in [0.2, 0.25) is 23.7 Å². The third-order valence-electron chi connectivity index (χ3n) is 13.9. The van der Waals surface area contributed by atoms with Gasteiger partial charge in [0.25, 0.3) is 11.8 Å². The molecule has 2 unspecified atom stereocenters. The average molecular weight is 1110 g/mol. The first-order chi connectivity index (χ1) is 41.9. The van der Waals surface area contributed by atoms with Crippen molar-refractivity contribution in [3.8, 4) is 11.5 Å². The molecule has 10 rings (SSSR count). The molecule has 6 aromatic rings. The molecular formula is C56H66N10O10S2. The van der Waals surface area contributed by atoms with E-state index in [1.54, 1.807) is 23.2 Å². The summed E-state index contributed by atoms with van der Waals surface area (Å²) in [6.07, 6.45) is 5.95. The minimum Gasteiger partial charge on any atom is -0.488 e. The molecule has 0 spiro atoms. The maximum atomic E-state index is 13.8. The number of nitrogens with one attached hydrogen (secondary N) is 2. The average Bonchev–Trinajstić information content (AvgIpc) is 1.65. The first-order valence-corrected chi connectivity index (χ1v) is 29.1. The number of nitrogens with zero attached hydrogens (tertiary/aromatic N) is 8. The fourth-order valence-electron chi connectivity index (χ4n) is 10.0. The number of sulfone groups is 2. The van der Waals surface area contributed by atoms with Crippen LogP contribution < -0.4 is 20.1 Å². The number of fused-ring (bicyclic) bond motifs is 2. The number of rotatable bonds is 12. The molecule has 4 aliphatic heterocycles. The number of aromatic nitrogens is 6. The van der Waals surface area contributed by atoms with Crippen LogP contribution >= 0.6 is 0 Å². The van der Waals surface area contributed by atoms with Crippen molar-refractivity contribution in [3.63, 3.8) is 0 Å². The van der Waals surface area contributed by atoms with E-state index in [1.807, 2.05) is 29.7 Å². The second kappa shape index (κ2) is 24.1. The number of aryl methyl sites for hydroxylation is 2. The summed E-state index contributed by atoms with van der Waals surface area (Å²) in [4.78, 5) is 72.6. The Morgan fingerprint density at radius 2 is 1.29 bits per heavy atom. The number of amides is 4. The van der Waals surface area contributed by atoms with Crippen LogP contribution in [0, 0.1) is 13.8 Å². The van der Waals surface area contributed by atoms with Gasteiger partial charge in [-0.1, -0.05) is 25.3 Å². The molecule has 3 atom stereocenters. The van der Waals surface area contributed by atoms with Crippen molar-refractivity contribution in [1.82, 2.24) is 38.9 Å². The van der Waals surface area contributed by atoms with Crippen LogP contribution in [0.5, 0.6) is 11.5 Å². The van der Waals surface area contributed by atoms with Crippen LogP contribution in [0.3, 0.4) is 0 Å². The molecule has 22 heteroatoms. The van der Waals surface area contributed by atoms with Gasteiger partial charge in [0, 0.05) is 67.9 Å². The lowest BCUT2D eigenvalue weighted by atomic mass is 10.1. The van der Waals surface area contributed by atoms with Crippen molar-refractivity contribution in [2.75, 3.05) is 59.8 Å². The molecule has 4 aromatic heterocycles. The number of benzene rings is 2. The fraction of sp³-hybridized carbons (Fsp3) is 0.429. The Labute approximate surface area is 469 Å². The van der Waals surface area contributed by atoms with E-state index < -0.39 is 116 Å². The number of imidazole rings is 2. The highest BCUT2D eigenvalue weighted by Crippen LogP contribution is 2.39. The maximum absolute atomic E-state index is 13.8. The Kier molecular flexibility index (Phi) is 13.1. The van der Waals surface area contributed by atoms with Crippen molar-refractivity contribution in [1.29, 1.82) is 0 Å². The molecule has 4 aliphatic rings. The standard InChI is InChI=1S/2C28H33N5O5S/c2*1-3-25(34)32-14-5-4-7-21(18-32)33-26-23(30-28(33)31-27(35)20-10-13-29-19(2)17-20)8-6-9-24(26)38-22-11-15-39(36,37)16-12-22/h2*3,6,8-10,13,17,21-22H,1,4-5,7,11-12,14-16,18H2,2H3,(H,30,31,35)/t21-;/m1./s1/i2D3,6D,8D,9D,10D,13D,15D2,17D;/t21-,22?;. The molecule has 8 heterocycles. The van der Waals surface area contributed by atoms with E-state index in [1.165, 1.54) is 15.5 Å². The minimum absolute atomic E-state index is 0.00878. The normalized spacial score (nSPS) is 23.3. The lowest BCUT2D eigenvalue weighted by Gasteiger charge is -2.27. The summed E-state index contributed by atoms with van der Waals surface area (Å²) in [6, 6.07) is 4.45. The summed E-state index contributed by atoms with van der Waals surface area (Å²) in [7, 11) is -7.14. The zero-order chi connectivity index (χ0) is 64.7. The molecule has 0 saturated carbocycles. The van der Waals surface area contributed by atoms with Crippen LogP contribution in [0.15, 0.2) is 98.2 Å². The first-order valence-electron chi connectivity index (χ1n) is 31.1. The highest BCUT2D eigenvalue weighted by atomic mass is 32.2. The number of para-hydroxylation sites is 2. The Hall–Kier alpha value is -7.46. The van der Waals surface area contributed by atoms with Gasteiger partial charge >= 0.3 is 0 Å². The van der Waals surface area contributed by atoms with Crippen molar-refractivity contribution >= 4 is 77.3 Å². The summed E-state index contributed by atoms with van der Waals surface area (Å²) in [6.45, 7) is 7.45. The van der Waals surface area contributed by atoms with Crippen molar-refractivity contribution in [2.24, 2.45) is 0 Å². The Bertz CT molecular complexity index is 4040. The van der Waals surface area contributed by atoms with E-state index in [0.29, 0.717) is 80.0 Å². The number of pyridine rings is 2. The molecule has 78 heavy (non-hydrogen) atoms. The Morgan fingerprint density at radius 3 is 1.91 bits per heavy atom. The minimum atomic E-state index is -4.11. The molecule has 0 aliphatic carbocycles. The lowest BCUT2D eigenvalue weighted by molar-refractivity contribution is -0.127. The van der Waals surface area contributed by atoms with Crippen molar-refractivity contribution in [2.45, 2.75) is 102 Å². The van der Waals surface area contributed by atoms with Crippen LogP contribution in [0.1, 0.15) is 123 Å². The second-order valence-corrected chi connectivity index (χ2v) is 23.6. The Morgan fingerprint density at radius 1 is 0.705 bits per heavy atom. The van der Waals surface area contributed by atoms with Gasteiger partial charge in [-0.15, -0.1) is 0 Å². The monoisotopic (exact) mass is 1110 g/mol. The van der Waals surface area contributed by atoms with Crippen LogP contribution in [-0.2, 0) is 29.3 Å². The van der Waals surface area contributed by atoms with Crippen LogP contribution in [0.25, 0.3) is 22.1 Å². The molecular weight excluding hydrogens is 1040 g/mol. The summed E-state index contributed by atoms with van der Waals surface area (Å²) in [5, 5.41) is 5.44. The summed E-state index contributed by atoms with van der Waals surface area (Å²) in [5.41, 5.74) is -2.12. The van der Waals surface area contributed by atoms with Crippen LogP contribution in [0.2, 0.25) is 0 Å². The van der Waals surface area contributed by atoms with Crippen molar-refractivity contribution in [3.05, 3.63) is 121 Å². The van der Waals surface area contributed by atoms with Gasteiger partial charge in [-0.2, -0.15) is 0 Å². The maximum Gasteiger partial charge on any atom is 0.258 e. The van der Waals surface area contributed by atoms with E-state index >= 15 is 0 Å². The number of anilines is 2. The molecule has 0 radical (unpaired) electrons. The number of likely N-dealkylation sites (tertiary alicyclic amines) is 2. The number of hydrogen-bond acceptors (Lipinski definition) is 14. The van der Waals surface area contributed by atoms with Gasteiger partial charge in [-0.3, -0.25) is 39.8 Å². The molecule has 4 fully saturated rings. The van der Waals surface area contributed by atoms with Gasteiger partial charge in [0.15, 0.2) is 19.7 Å². The predicted molar refractivity (Wildman–Crippen MR) is 297 cm³/mol. The van der Waals surface area contributed by atoms with Crippen LogP contribution in [-0.4, -0.2) is 141 Å². The van der Waals surface area contributed by atoms with Crippen molar-refractivity contribution < 1.29 is 60.6 Å². The molecule has 412 valence electrons. The van der Waals surface area contributed by atoms with E-state index in [4.69, 9.17) is 29.5 Å². The zero-order valence-electron chi connectivity index (χ0n) is 53.8. The largest absolute Gasteiger partial charge is 0.488 e. The Balaban J connectivity index is 0.000000218. The highest BCUT2D eigenvalue weighted by molar-refractivity contribution is 7.91. The molecule has 0 bridgehead atoms. The number of carbonyl (C=O) groups excluding carboxylic acids is 4. The third kappa shape index (κ3) is 13.1. The van der Waals surface area contributed by atoms with Gasteiger partial charge in [-0.25, -0.2) is 26.8 Å². The predicted octanol–water partition coefficient (Wildman–Crippen LogP) is 7.38. The number of carbonyl (C=O) groups is 4. The zero-order valence-corrected chi connectivity index (χ0v) is 44.5. The van der Waals surface area contributed by atoms with E-state index in [0.717, 1.165) is 31.0 Å². The quantitative estimate of drug-likeness (QED) is 0.114. The van der Waals surface area contributed by atoms with Crippen LogP contribution in [0.4, 0.5) is 11.9 Å². The molecule has 4 amide bonds. The molecule has 2 aromatic carbocycles. The topological polar surface area (TPSA) is 247 Å². The molecule has 4 saturated heterocycles. The van der Waals surface area contributed by atoms with E-state index in [2.05, 4.69) is 38.7 Å². The SMILES string of the molecule is C=CC(=O)N1CCCCC(n2c(NC(=O)c3ccnc(C)c3)nc3cccc(OC4CCS(=O)(=O)CC4)c32)C1.[2H]c1nc(C([2H])([2H])[2H])c([2H])c(C(=O)Nc2nc3c([2H])c([2H])c([2H])c(OC4CCS(=O)(=O)C([2H])([2H])C4)c3n2[C@@H]2CCCCN(C(=O)C=C)C2)c1[2H]. The van der Waals surface area contributed by atoms with E-state index in [9.17, 15) is 36.0 Å².